The van der Waals surface area contributed by atoms with E-state index in [1.165, 1.54) is 37.4 Å². The summed E-state index contributed by atoms with van der Waals surface area (Å²) in [6, 6.07) is 5.87. The first kappa shape index (κ1) is 24.2. The lowest BCUT2D eigenvalue weighted by Crippen LogP contribution is -2.48. The summed E-state index contributed by atoms with van der Waals surface area (Å²) in [5.74, 6) is 1.32. The second-order valence-corrected chi connectivity index (χ2v) is 8.09. The van der Waals surface area contributed by atoms with Crippen LogP contribution in [-0.4, -0.2) is 53.6 Å². The van der Waals surface area contributed by atoms with Gasteiger partial charge in [-0.1, -0.05) is 0 Å². The summed E-state index contributed by atoms with van der Waals surface area (Å²) in [5.41, 5.74) is 0.0171. The van der Waals surface area contributed by atoms with E-state index in [2.05, 4.69) is 15.6 Å². The molecular formula is C22H26N4O6S. The van der Waals surface area contributed by atoms with Crippen molar-refractivity contribution in [3.63, 3.8) is 0 Å². The number of methoxy groups -OCH3 is 2. The lowest BCUT2D eigenvalue weighted by molar-refractivity contribution is -0.129. The van der Waals surface area contributed by atoms with Gasteiger partial charge in [0, 0.05) is 6.07 Å². The third-order valence-corrected chi connectivity index (χ3v) is 5.57. The molecule has 176 valence electrons. The Morgan fingerprint density at radius 3 is 2.67 bits per heavy atom. The molecule has 0 fully saturated rings. The summed E-state index contributed by atoms with van der Waals surface area (Å²) < 4.78 is 16.9. The van der Waals surface area contributed by atoms with Crippen LogP contribution in [0.3, 0.4) is 0 Å². The van der Waals surface area contributed by atoms with Crippen molar-refractivity contribution in [2.75, 3.05) is 26.2 Å². The van der Waals surface area contributed by atoms with E-state index in [9.17, 15) is 14.4 Å². The van der Waals surface area contributed by atoms with Crippen LogP contribution in [0.5, 0.6) is 11.5 Å². The van der Waals surface area contributed by atoms with E-state index >= 15 is 0 Å². The highest BCUT2D eigenvalue weighted by atomic mass is 32.2. The number of nitrogens with one attached hydrogen (secondary N) is 2. The molecule has 1 atom stereocenters. The number of hydrogen-bond acceptors (Lipinski definition) is 8. The molecule has 2 amide bonds. The van der Waals surface area contributed by atoms with Gasteiger partial charge in [-0.2, -0.15) is 11.8 Å². The van der Waals surface area contributed by atoms with E-state index in [0.29, 0.717) is 34.9 Å². The Morgan fingerprint density at radius 1 is 1.24 bits per heavy atom. The van der Waals surface area contributed by atoms with Crippen LogP contribution in [0.25, 0.3) is 10.9 Å². The molecule has 0 spiro atoms. The molecular weight excluding hydrogens is 448 g/mol. The second-order valence-electron chi connectivity index (χ2n) is 7.10. The van der Waals surface area contributed by atoms with Gasteiger partial charge in [0.05, 0.1) is 44.3 Å². The maximum atomic E-state index is 12.9. The minimum atomic E-state index is -0.742. The van der Waals surface area contributed by atoms with Crippen molar-refractivity contribution in [2.45, 2.75) is 25.6 Å². The molecule has 0 radical (unpaired) electrons. The fraction of sp³-hybridized carbons (Fsp3) is 0.364. The van der Waals surface area contributed by atoms with Gasteiger partial charge in [-0.15, -0.1) is 0 Å². The molecule has 3 aromatic rings. The van der Waals surface area contributed by atoms with Crippen LogP contribution < -0.4 is 25.7 Å². The molecule has 0 bridgehead atoms. The van der Waals surface area contributed by atoms with Crippen LogP contribution in [-0.2, 0) is 22.7 Å². The molecule has 0 saturated carbocycles. The van der Waals surface area contributed by atoms with Crippen LogP contribution >= 0.6 is 11.8 Å². The van der Waals surface area contributed by atoms with E-state index in [4.69, 9.17) is 13.9 Å². The molecule has 10 nitrogen and oxygen atoms in total. The Bertz CT molecular complexity index is 1160. The van der Waals surface area contributed by atoms with Crippen LogP contribution in [0.15, 0.2) is 46.1 Å². The van der Waals surface area contributed by atoms with Gasteiger partial charge < -0.3 is 24.5 Å². The van der Waals surface area contributed by atoms with E-state index in [1.807, 2.05) is 6.26 Å². The Morgan fingerprint density at radius 2 is 2.00 bits per heavy atom. The molecule has 0 saturated heterocycles. The predicted molar refractivity (Wildman–Crippen MR) is 125 cm³/mol. The van der Waals surface area contributed by atoms with Crippen molar-refractivity contribution in [3.05, 3.63) is 53.0 Å². The lowest BCUT2D eigenvalue weighted by atomic mass is 10.2. The number of benzene rings is 1. The second kappa shape index (κ2) is 11.4. The number of ether oxygens (including phenoxy) is 2. The number of aromatic nitrogens is 2. The fourth-order valence-electron chi connectivity index (χ4n) is 3.21. The van der Waals surface area contributed by atoms with E-state index in [-0.39, 0.29) is 24.4 Å². The molecule has 0 aliphatic carbocycles. The zero-order valence-corrected chi connectivity index (χ0v) is 19.4. The smallest absolute Gasteiger partial charge is 0.261 e. The minimum Gasteiger partial charge on any atom is -0.493 e. The molecule has 2 N–H and O–H groups in total. The first-order valence-corrected chi connectivity index (χ1v) is 11.6. The standard InChI is InChI=1S/C22H26N4O6S/c1-30-18-9-15-17(10-19(18)31-2)24-13-26(22(15)29)12-20(27)25-16(6-8-33-3)21(28)23-11-14-5-4-7-32-14/h4-5,7,9-10,13,16H,6,8,11-12H2,1-3H3,(H,23,28)(H,25,27). The van der Waals surface area contributed by atoms with Crippen molar-refractivity contribution in [3.8, 4) is 11.5 Å². The number of carbonyl (C=O) groups is 2. The Labute approximate surface area is 194 Å². The first-order chi connectivity index (χ1) is 16.0. The third-order valence-electron chi connectivity index (χ3n) is 4.92. The van der Waals surface area contributed by atoms with Crippen LogP contribution in [0.4, 0.5) is 0 Å². The van der Waals surface area contributed by atoms with E-state index in [0.717, 1.165) is 0 Å². The third kappa shape index (κ3) is 6.07. The number of thioether (sulfide) groups is 1. The van der Waals surface area contributed by atoms with Crippen molar-refractivity contribution in [1.29, 1.82) is 0 Å². The van der Waals surface area contributed by atoms with Gasteiger partial charge in [-0.05, 0) is 36.6 Å². The van der Waals surface area contributed by atoms with Gasteiger partial charge in [-0.25, -0.2) is 4.98 Å². The molecule has 1 aromatic carbocycles. The van der Waals surface area contributed by atoms with Gasteiger partial charge in [0.1, 0.15) is 18.3 Å². The molecule has 1 unspecified atom stereocenters. The van der Waals surface area contributed by atoms with Gasteiger partial charge in [0.15, 0.2) is 11.5 Å². The van der Waals surface area contributed by atoms with Crippen molar-refractivity contribution in [2.24, 2.45) is 0 Å². The average Bonchev–Trinajstić information content (AvgIpc) is 3.35. The maximum absolute atomic E-state index is 12.9. The SMILES string of the molecule is COc1cc2ncn(CC(=O)NC(CCSC)C(=O)NCc3ccco3)c(=O)c2cc1OC. The number of nitrogens with zero attached hydrogens (tertiary/aromatic N) is 2. The molecule has 0 aliphatic heterocycles. The van der Waals surface area contributed by atoms with Crippen molar-refractivity contribution >= 4 is 34.5 Å². The molecule has 33 heavy (non-hydrogen) atoms. The van der Waals surface area contributed by atoms with Crippen molar-refractivity contribution in [1.82, 2.24) is 20.2 Å². The number of hydrogen-bond donors (Lipinski definition) is 2. The highest BCUT2D eigenvalue weighted by Crippen LogP contribution is 2.29. The molecule has 3 rings (SSSR count). The summed E-state index contributed by atoms with van der Waals surface area (Å²) in [6.45, 7) is -0.0613. The Balaban J connectivity index is 1.72. The zero-order chi connectivity index (χ0) is 23.8. The molecule has 2 aromatic heterocycles. The number of carbonyl (C=O) groups excluding carboxylic acids is 2. The van der Waals surface area contributed by atoms with Crippen LogP contribution in [0, 0.1) is 0 Å². The molecule has 0 aliphatic rings. The van der Waals surface area contributed by atoms with Gasteiger partial charge in [-0.3, -0.25) is 19.0 Å². The quantitative estimate of drug-likeness (QED) is 0.429. The number of fused-ring (bicyclic) bond motifs is 1. The highest BCUT2D eigenvalue weighted by molar-refractivity contribution is 7.98. The largest absolute Gasteiger partial charge is 0.493 e. The average molecular weight is 475 g/mol. The summed E-state index contributed by atoms with van der Waals surface area (Å²) in [7, 11) is 2.96. The molecule has 2 heterocycles. The minimum absolute atomic E-state index is 0.219. The normalized spacial score (nSPS) is 11.7. The zero-order valence-electron chi connectivity index (χ0n) is 18.6. The maximum Gasteiger partial charge on any atom is 0.261 e. The lowest BCUT2D eigenvalue weighted by Gasteiger charge is -2.18. The monoisotopic (exact) mass is 474 g/mol. The fourth-order valence-corrected chi connectivity index (χ4v) is 3.68. The molecule has 11 heteroatoms. The predicted octanol–water partition coefficient (Wildman–Crippen LogP) is 1.56. The van der Waals surface area contributed by atoms with E-state index in [1.54, 1.807) is 30.0 Å². The van der Waals surface area contributed by atoms with E-state index < -0.39 is 17.5 Å². The summed E-state index contributed by atoms with van der Waals surface area (Å²) in [6.07, 6.45) is 5.18. The Kier molecular flexibility index (Phi) is 8.36. The highest BCUT2D eigenvalue weighted by Gasteiger charge is 2.21. The van der Waals surface area contributed by atoms with Crippen LogP contribution in [0.1, 0.15) is 12.2 Å². The van der Waals surface area contributed by atoms with Gasteiger partial charge in [0.2, 0.25) is 11.8 Å². The summed E-state index contributed by atoms with van der Waals surface area (Å²) in [5, 5.41) is 5.77. The number of rotatable bonds is 11. The van der Waals surface area contributed by atoms with Crippen LogP contribution in [0.2, 0.25) is 0 Å². The summed E-state index contributed by atoms with van der Waals surface area (Å²) in [4.78, 5) is 42.5. The van der Waals surface area contributed by atoms with Crippen molar-refractivity contribution < 1.29 is 23.5 Å². The first-order valence-electron chi connectivity index (χ1n) is 10.2. The van der Waals surface area contributed by atoms with Gasteiger partial charge in [0.25, 0.3) is 5.56 Å². The summed E-state index contributed by atoms with van der Waals surface area (Å²) >= 11 is 1.57. The van der Waals surface area contributed by atoms with Gasteiger partial charge >= 0.3 is 0 Å². The Hall–Kier alpha value is -3.47. The topological polar surface area (TPSA) is 125 Å². The number of amides is 2. The number of furan rings is 1.